The minimum Gasteiger partial charge on any atom is -0.465 e. The number of hydrogen-bond acceptors (Lipinski definition) is 5. The third-order valence-electron chi connectivity index (χ3n) is 7.43. The number of carbonyl (C=O) groups is 2. The molecule has 4 rings (SSSR count). The first-order valence-electron chi connectivity index (χ1n) is 11.5. The van der Waals surface area contributed by atoms with Crippen molar-refractivity contribution < 1.29 is 28.7 Å². The molecule has 1 aromatic heterocycles. The maximum atomic E-state index is 13.6. The highest BCUT2D eigenvalue weighted by molar-refractivity contribution is 7.16. The van der Waals surface area contributed by atoms with Gasteiger partial charge in [-0.15, -0.1) is 11.3 Å². The molecule has 1 amide bonds. The summed E-state index contributed by atoms with van der Waals surface area (Å²) in [6.45, 7) is 4.60. The van der Waals surface area contributed by atoms with Crippen molar-refractivity contribution in [1.29, 1.82) is 0 Å². The van der Waals surface area contributed by atoms with Crippen LogP contribution in [0.1, 0.15) is 64.5 Å². The van der Waals surface area contributed by atoms with Gasteiger partial charge >= 0.3 is 5.97 Å². The van der Waals surface area contributed by atoms with Crippen LogP contribution >= 0.6 is 11.3 Å². The Kier molecular flexibility index (Phi) is 6.88. The number of ether oxygens (including phenoxy) is 1. The lowest BCUT2D eigenvalue weighted by molar-refractivity contribution is -0.937. The van der Waals surface area contributed by atoms with E-state index in [1.165, 1.54) is 30.6 Å². The Hall–Kier alpha value is -2.29. The Labute approximate surface area is 197 Å². The van der Waals surface area contributed by atoms with Crippen LogP contribution in [0.15, 0.2) is 24.3 Å². The number of likely N-dealkylation sites (tertiary alicyclic amines) is 1. The normalized spacial score (nSPS) is 27.0. The molecule has 2 aromatic rings. The minimum absolute atomic E-state index is 0.0186. The predicted octanol–water partition coefficient (Wildman–Crippen LogP) is 3.18. The molecule has 8 heteroatoms. The molecule has 2 heterocycles. The van der Waals surface area contributed by atoms with E-state index in [2.05, 4.69) is 5.32 Å². The lowest BCUT2D eigenvalue weighted by Crippen LogP contribution is -3.16. The number of esters is 1. The summed E-state index contributed by atoms with van der Waals surface area (Å²) < 4.78 is 18.5. The maximum absolute atomic E-state index is 13.6. The average molecular weight is 476 g/mol. The first-order chi connectivity index (χ1) is 15.7. The van der Waals surface area contributed by atoms with Crippen molar-refractivity contribution in [1.82, 2.24) is 0 Å². The van der Waals surface area contributed by atoms with Crippen molar-refractivity contribution in [3.63, 3.8) is 0 Å². The van der Waals surface area contributed by atoms with Gasteiger partial charge in [0, 0.05) is 22.8 Å². The lowest BCUT2D eigenvalue weighted by Gasteiger charge is -2.50. The predicted molar refractivity (Wildman–Crippen MR) is 125 cm³/mol. The number of amides is 1. The van der Waals surface area contributed by atoms with Gasteiger partial charge in [-0.2, -0.15) is 0 Å². The van der Waals surface area contributed by atoms with Crippen LogP contribution in [0.3, 0.4) is 0 Å². The molecular weight excluding hydrogens is 443 g/mol. The van der Waals surface area contributed by atoms with Gasteiger partial charge in [0.15, 0.2) is 6.54 Å². The number of quaternary nitrogens is 1. The van der Waals surface area contributed by atoms with E-state index in [0.29, 0.717) is 23.5 Å². The van der Waals surface area contributed by atoms with Crippen molar-refractivity contribution in [3.05, 3.63) is 51.7 Å². The smallest absolute Gasteiger partial charge is 0.341 e. The molecule has 1 aliphatic heterocycles. The topological polar surface area (TPSA) is 80.1 Å². The van der Waals surface area contributed by atoms with E-state index in [1.807, 2.05) is 13.8 Å². The van der Waals surface area contributed by atoms with Crippen LogP contribution in [0.2, 0.25) is 0 Å². The Morgan fingerprint density at radius 3 is 2.67 bits per heavy atom. The number of halogens is 1. The largest absolute Gasteiger partial charge is 0.465 e. The zero-order chi connectivity index (χ0) is 23.8. The summed E-state index contributed by atoms with van der Waals surface area (Å²) in [7, 11) is 1.33. The zero-order valence-electron chi connectivity index (χ0n) is 19.4. The number of carbonyl (C=O) groups excluding carboxylic acids is 2. The van der Waals surface area contributed by atoms with Crippen LogP contribution in [-0.4, -0.2) is 42.8 Å². The number of methoxy groups -OCH3 is 1. The Bertz CT molecular complexity index is 1040. The van der Waals surface area contributed by atoms with Crippen LogP contribution in [0, 0.1) is 25.6 Å². The molecule has 0 spiro atoms. The molecule has 4 atom stereocenters. The van der Waals surface area contributed by atoms with Crippen molar-refractivity contribution in [2.75, 3.05) is 25.5 Å². The number of rotatable bonds is 5. The summed E-state index contributed by atoms with van der Waals surface area (Å²) in [5, 5.41) is 14.8. The number of aliphatic hydroxyl groups is 1. The van der Waals surface area contributed by atoms with Gasteiger partial charge < -0.3 is 20.1 Å². The molecule has 1 unspecified atom stereocenters. The minimum atomic E-state index is -0.739. The molecule has 0 radical (unpaired) electrons. The van der Waals surface area contributed by atoms with Crippen LogP contribution in [0.25, 0.3) is 0 Å². The van der Waals surface area contributed by atoms with E-state index < -0.39 is 11.6 Å². The average Bonchev–Trinajstić information content (AvgIpc) is 3.06. The third kappa shape index (κ3) is 4.69. The van der Waals surface area contributed by atoms with E-state index in [1.54, 1.807) is 12.1 Å². The van der Waals surface area contributed by atoms with Gasteiger partial charge in [0.1, 0.15) is 16.9 Å². The summed E-state index contributed by atoms with van der Waals surface area (Å²) >= 11 is 1.37. The summed E-state index contributed by atoms with van der Waals surface area (Å²) in [5.74, 6) is -0.935. The molecule has 1 aliphatic carbocycles. The number of nitrogens with one attached hydrogen (secondary N) is 2. The van der Waals surface area contributed by atoms with Crippen molar-refractivity contribution in [3.8, 4) is 0 Å². The van der Waals surface area contributed by atoms with Gasteiger partial charge in [-0.1, -0.05) is 25.0 Å². The second kappa shape index (κ2) is 9.52. The molecule has 1 aromatic carbocycles. The number of anilines is 1. The summed E-state index contributed by atoms with van der Waals surface area (Å²) in [4.78, 5) is 27.4. The quantitative estimate of drug-likeness (QED) is 0.581. The molecule has 1 saturated carbocycles. The maximum Gasteiger partial charge on any atom is 0.341 e. The van der Waals surface area contributed by atoms with Crippen LogP contribution in [-0.2, 0) is 9.53 Å². The van der Waals surface area contributed by atoms with Crippen molar-refractivity contribution in [2.45, 2.75) is 57.6 Å². The second-order valence-electron chi connectivity index (χ2n) is 9.35. The first-order valence-corrected chi connectivity index (χ1v) is 12.4. The SMILES string of the molecule is COC(=O)c1c(NC(=O)C[NH+]2CC[C@]3(O)CCCC[C@@H]3[C@@H]2c2ccc(F)cc2)sc(C)c1C. The van der Waals surface area contributed by atoms with E-state index in [9.17, 15) is 19.1 Å². The molecule has 178 valence electrons. The van der Waals surface area contributed by atoms with Gasteiger partial charge in [-0.05, 0) is 44.4 Å². The molecule has 2 fully saturated rings. The van der Waals surface area contributed by atoms with E-state index in [4.69, 9.17) is 4.74 Å². The highest BCUT2D eigenvalue weighted by Crippen LogP contribution is 2.44. The summed E-state index contributed by atoms with van der Waals surface area (Å²) in [5.41, 5.74) is 1.42. The first kappa shape index (κ1) is 23.9. The molecule has 6 nitrogen and oxygen atoms in total. The Balaban J connectivity index is 1.58. The summed E-state index contributed by atoms with van der Waals surface area (Å²) in [6, 6.07) is 6.36. The molecule has 3 N–H and O–H groups in total. The molecule has 0 bridgehead atoms. The fourth-order valence-electron chi connectivity index (χ4n) is 5.63. The van der Waals surface area contributed by atoms with E-state index >= 15 is 0 Å². The van der Waals surface area contributed by atoms with Gasteiger partial charge in [0.2, 0.25) is 0 Å². The molecular formula is C25H32FN2O4S+. The Morgan fingerprint density at radius 1 is 1.24 bits per heavy atom. The standard InChI is InChI=1S/C25H31FN2O4S/c1-15-16(2)33-23(21(15)24(30)32-3)27-20(29)14-28-13-12-25(31)11-5-4-6-19(25)22(28)17-7-9-18(26)10-8-17/h7-10,19,22,31H,4-6,11-14H2,1-3H3,(H,27,29)/p+1/t19-,22+,25-/m1/s1. The van der Waals surface area contributed by atoms with Crippen molar-refractivity contribution in [2.24, 2.45) is 5.92 Å². The van der Waals surface area contributed by atoms with Gasteiger partial charge in [-0.3, -0.25) is 4.79 Å². The highest BCUT2D eigenvalue weighted by Gasteiger charge is 2.51. The van der Waals surface area contributed by atoms with Crippen molar-refractivity contribution >= 4 is 28.2 Å². The number of hydrogen-bond donors (Lipinski definition) is 3. The van der Waals surface area contributed by atoms with Crippen LogP contribution in [0.5, 0.6) is 0 Å². The zero-order valence-corrected chi connectivity index (χ0v) is 20.2. The number of benzene rings is 1. The van der Waals surface area contributed by atoms with Gasteiger partial charge in [-0.25, -0.2) is 9.18 Å². The van der Waals surface area contributed by atoms with E-state index in [0.717, 1.165) is 46.6 Å². The monoisotopic (exact) mass is 475 g/mol. The van der Waals surface area contributed by atoms with Gasteiger partial charge in [0.05, 0.1) is 24.8 Å². The molecule has 33 heavy (non-hydrogen) atoms. The second-order valence-corrected chi connectivity index (χ2v) is 10.6. The fourth-order valence-corrected chi connectivity index (χ4v) is 6.69. The fraction of sp³-hybridized carbons (Fsp3) is 0.520. The number of piperidine rings is 1. The molecule has 2 aliphatic rings. The number of aryl methyl sites for hydroxylation is 1. The van der Waals surface area contributed by atoms with E-state index in [-0.39, 0.29) is 30.2 Å². The highest BCUT2D eigenvalue weighted by atomic mass is 32.1. The third-order valence-corrected chi connectivity index (χ3v) is 8.55. The Morgan fingerprint density at radius 2 is 1.97 bits per heavy atom. The molecule has 1 saturated heterocycles. The van der Waals surface area contributed by atoms with Crippen LogP contribution in [0.4, 0.5) is 9.39 Å². The van der Waals surface area contributed by atoms with Crippen LogP contribution < -0.4 is 10.2 Å². The lowest BCUT2D eigenvalue weighted by atomic mass is 9.66. The number of fused-ring (bicyclic) bond motifs is 1. The summed E-state index contributed by atoms with van der Waals surface area (Å²) in [6.07, 6.45) is 4.35. The van der Waals surface area contributed by atoms with Gasteiger partial charge in [0.25, 0.3) is 5.91 Å². The number of thiophene rings is 1.